The maximum Gasteiger partial charge on any atom is 0.198 e. The number of aryl methyl sites for hydroxylation is 1. The summed E-state index contributed by atoms with van der Waals surface area (Å²) >= 11 is 3.35. The molecular formula is C13H9BrN6. The molecule has 4 aromatic rings. The lowest BCUT2D eigenvalue weighted by molar-refractivity contribution is 0.987. The van der Waals surface area contributed by atoms with Crippen molar-refractivity contribution in [3.8, 4) is 5.69 Å². The molecule has 3 aromatic heterocycles. The van der Waals surface area contributed by atoms with Gasteiger partial charge in [0.25, 0.3) is 0 Å². The van der Waals surface area contributed by atoms with Gasteiger partial charge in [0.2, 0.25) is 0 Å². The highest BCUT2D eigenvalue weighted by atomic mass is 79.9. The summed E-state index contributed by atoms with van der Waals surface area (Å²) in [6.45, 7) is 1.94. The van der Waals surface area contributed by atoms with Crippen LogP contribution in [-0.2, 0) is 0 Å². The lowest BCUT2D eigenvalue weighted by atomic mass is 10.2. The van der Waals surface area contributed by atoms with Crippen LogP contribution in [0.15, 0.2) is 35.3 Å². The van der Waals surface area contributed by atoms with E-state index in [1.165, 1.54) is 0 Å². The van der Waals surface area contributed by atoms with Gasteiger partial charge < -0.3 is 4.98 Å². The number of aromatic amines is 1. The van der Waals surface area contributed by atoms with Gasteiger partial charge in [-0.1, -0.05) is 0 Å². The summed E-state index contributed by atoms with van der Waals surface area (Å²) in [5, 5.41) is 0. The molecule has 0 aliphatic rings. The minimum absolute atomic E-state index is 0.635. The van der Waals surface area contributed by atoms with Crippen molar-refractivity contribution >= 4 is 38.3 Å². The van der Waals surface area contributed by atoms with Crippen molar-refractivity contribution in [2.24, 2.45) is 0 Å². The Labute approximate surface area is 122 Å². The van der Waals surface area contributed by atoms with E-state index in [1.54, 1.807) is 12.5 Å². The van der Waals surface area contributed by atoms with Crippen LogP contribution in [0.5, 0.6) is 0 Å². The van der Waals surface area contributed by atoms with E-state index in [0.29, 0.717) is 10.3 Å². The maximum atomic E-state index is 4.47. The summed E-state index contributed by atoms with van der Waals surface area (Å²) < 4.78 is 2.67. The van der Waals surface area contributed by atoms with E-state index in [1.807, 2.05) is 29.7 Å². The van der Waals surface area contributed by atoms with Gasteiger partial charge in [-0.25, -0.2) is 19.9 Å². The average Bonchev–Trinajstić information content (AvgIpc) is 3.00. The lowest BCUT2D eigenvalue weighted by Gasteiger charge is -2.06. The van der Waals surface area contributed by atoms with E-state index in [2.05, 4.69) is 40.8 Å². The molecule has 0 atom stereocenters. The minimum atomic E-state index is 0.635. The number of nitrogens with one attached hydrogen (secondary N) is 1. The molecule has 98 valence electrons. The number of fused-ring (bicyclic) bond motifs is 2. The molecule has 0 fully saturated rings. The smallest absolute Gasteiger partial charge is 0.198 e. The predicted octanol–water partition coefficient (Wildman–Crippen LogP) is 2.76. The molecule has 0 aliphatic carbocycles. The predicted molar refractivity (Wildman–Crippen MR) is 78.7 cm³/mol. The van der Waals surface area contributed by atoms with Crippen molar-refractivity contribution < 1.29 is 0 Å². The molecule has 0 radical (unpaired) electrons. The van der Waals surface area contributed by atoms with Crippen molar-refractivity contribution in [3.63, 3.8) is 0 Å². The first-order chi connectivity index (χ1) is 9.72. The van der Waals surface area contributed by atoms with Crippen molar-refractivity contribution in [3.05, 3.63) is 41.2 Å². The monoisotopic (exact) mass is 328 g/mol. The first-order valence-electron chi connectivity index (χ1n) is 6.03. The number of hydrogen-bond donors (Lipinski definition) is 1. The third kappa shape index (κ3) is 1.63. The Kier molecular flexibility index (Phi) is 2.37. The number of benzene rings is 1. The number of nitrogens with zero attached hydrogens (tertiary/aromatic N) is 5. The van der Waals surface area contributed by atoms with Crippen molar-refractivity contribution in [2.75, 3.05) is 0 Å². The summed E-state index contributed by atoms with van der Waals surface area (Å²) in [6.07, 6.45) is 3.33. The minimum Gasteiger partial charge on any atom is -0.345 e. The standard InChI is InChI=1S/C13H9BrN6/c1-7-18-12-13(19-11(14)5-15-12)20(7)8-2-3-9-10(4-8)17-6-16-9/h2-6H,1H3,(H,16,17). The maximum absolute atomic E-state index is 4.47. The molecule has 3 heterocycles. The Morgan fingerprint density at radius 2 is 2.10 bits per heavy atom. The second-order valence-electron chi connectivity index (χ2n) is 4.44. The van der Waals surface area contributed by atoms with Gasteiger partial charge in [-0.15, -0.1) is 0 Å². The number of H-pyrrole nitrogens is 1. The van der Waals surface area contributed by atoms with Crippen LogP contribution in [0.4, 0.5) is 0 Å². The van der Waals surface area contributed by atoms with Crippen LogP contribution >= 0.6 is 15.9 Å². The van der Waals surface area contributed by atoms with Gasteiger partial charge in [-0.3, -0.25) is 4.57 Å². The quantitative estimate of drug-likeness (QED) is 0.583. The van der Waals surface area contributed by atoms with E-state index in [4.69, 9.17) is 0 Å². The number of aromatic nitrogens is 6. The molecule has 20 heavy (non-hydrogen) atoms. The fraction of sp³-hybridized carbons (Fsp3) is 0.0769. The highest BCUT2D eigenvalue weighted by molar-refractivity contribution is 9.10. The summed E-state index contributed by atoms with van der Waals surface area (Å²) in [5.41, 5.74) is 4.26. The molecule has 1 aromatic carbocycles. The van der Waals surface area contributed by atoms with Crippen molar-refractivity contribution in [2.45, 2.75) is 6.92 Å². The van der Waals surface area contributed by atoms with Gasteiger partial charge in [0.05, 0.1) is 29.2 Å². The number of hydrogen-bond acceptors (Lipinski definition) is 4. The zero-order chi connectivity index (χ0) is 13.7. The molecule has 1 N–H and O–H groups in total. The van der Waals surface area contributed by atoms with Crippen molar-refractivity contribution in [1.82, 2.24) is 29.5 Å². The van der Waals surface area contributed by atoms with Gasteiger partial charge in [0.15, 0.2) is 11.3 Å². The Hall–Kier alpha value is -2.28. The topological polar surface area (TPSA) is 72.3 Å². The molecule has 0 saturated heterocycles. The summed E-state index contributed by atoms with van der Waals surface area (Å²) in [4.78, 5) is 20.5. The molecule has 4 rings (SSSR count). The molecule has 0 aliphatic heterocycles. The molecule has 0 bridgehead atoms. The first kappa shape index (κ1) is 11.5. The zero-order valence-electron chi connectivity index (χ0n) is 10.5. The lowest BCUT2D eigenvalue weighted by Crippen LogP contribution is -1.98. The Morgan fingerprint density at radius 1 is 1.20 bits per heavy atom. The van der Waals surface area contributed by atoms with Crippen LogP contribution in [0.3, 0.4) is 0 Å². The van der Waals surface area contributed by atoms with Gasteiger partial charge >= 0.3 is 0 Å². The zero-order valence-corrected chi connectivity index (χ0v) is 12.1. The number of imidazole rings is 2. The van der Waals surface area contributed by atoms with Crippen LogP contribution in [0, 0.1) is 6.92 Å². The van der Waals surface area contributed by atoms with Gasteiger partial charge in [0.1, 0.15) is 10.4 Å². The normalized spacial score (nSPS) is 11.5. The Bertz CT molecular complexity index is 938. The van der Waals surface area contributed by atoms with Gasteiger partial charge in [0, 0.05) is 0 Å². The van der Waals surface area contributed by atoms with E-state index >= 15 is 0 Å². The largest absolute Gasteiger partial charge is 0.345 e. The molecule has 0 saturated carbocycles. The third-order valence-electron chi connectivity index (χ3n) is 3.17. The molecule has 0 spiro atoms. The van der Waals surface area contributed by atoms with Crippen LogP contribution in [0.1, 0.15) is 5.82 Å². The Morgan fingerprint density at radius 3 is 3.00 bits per heavy atom. The van der Waals surface area contributed by atoms with Crippen molar-refractivity contribution in [1.29, 1.82) is 0 Å². The fourth-order valence-corrected chi connectivity index (χ4v) is 2.58. The van der Waals surface area contributed by atoms with Gasteiger partial charge in [-0.2, -0.15) is 0 Å². The fourth-order valence-electron chi connectivity index (χ4n) is 2.31. The molecule has 6 nitrogen and oxygen atoms in total. The van der Waals surface area contributed by atoms with E-state index in [-0.39, 0.29) is 0 Å². The average molecular weight is 329 g/mol. The summed E-state index contributed by atoms with van der Waals surface area (Å²) in [5.74, 6) is 0.844. The van der Waals surface area contributed by atoms with Gasteiger partial charge in [-0.05, 0) is 41.1 Å². The number of rotatable bonds is 1. The highest BCUT2D eigenvalue weighted by Gasteiger charge is 2.12. The van der Waals surface area contributed by atoms with Crippen LogP contribution < -0.4 is 0 Å². The van der Waals surface area contributed by atoms with Crippen LogP contribution in [0.2, 0.25) is 0 Å². The van der Waals surface area contributed by atoms with Crippen LogP contribution in [-0.4, -0.2) is 29.5 Å². The second kappa shape index (κ2) is 4.11. The van der Waals surface area contributed by atoms with E-state index in [0.717, 1.165) is 28.2 Å². The first-order valence-corrected chi connectivity index (χ1v) is 6.83. The second-order valence-corrected chi connectivity index (χ2v) is 5.25. The SMILES string of the molecule is Cc1nc2ncc(Br)nc2n1-c1ccc2nc[nH]c2c1. The molecule has 7 heteroatoms. The third-order valence-corrected chi connectivity index (χ3v) is 3.55. The molecule has 0 amide bonds. The number of halogens is 1. The summed E-state index contributed by atoms with van der Waals surface area (Å²) in [7, 11) is 0. The van der Waals surface area contributed by atoms with Crippen LogP contribution in [0.25, 0.3) is 28.0 Å². The molecule has 0 unspecified atom stereocenters. The van der Waals surface area contributed by atoms with E-state index in [9.17, 15) is 0 Å². The summed E-state index contributed by atoms with van der Waals surface area (Å²) in [6, 6.07) is 6.00. The molecular weight excluding hydrogens is 320 g/mol. The van der Waals surface area contributed by atoms with E-state index < -0.39 is 0 Å². The highest BCUT2D eigenvalue weighted by Crippen LogP contribution is 2.22. The Balaban J connectivity index is 2.05.